The number of anilines is 1. The van der Waals surface area contributed by atoms with Crippen molar-refractivity contribution < 1.29 is 9.42 Å². The predicted molar refractivity (Wildman–Crippen MR) is 116 cm³/mol. The maximum atomic E-state index is 12.8. The van der Waals surface area contributed by atoms with E-state index in [1.807, 2.05) is 31.2 Å². The van der Waals surface area contributed by atoms with E-state index >= 15 is 0 Å². The number of amides is 1. The summed E-state index contributed by atoms with van der Waals surface area (Å²) >= 11 is 0. The highest BCUT2D eigenvalue weighted by Gasteiger charge is 2.25. The summed E-state index contributed by atoms with van der Waals surface area (Å²) in [5.74, 6) is -0.224. The number of nitrogens with zero attached hydrogens (tertiary/aromatic N) is 7. The number of carbonyl (C=O) groups is 1. The molecule has 11 heteroatoms. The lowest BCUT2D eigenvalue weighted by atomic mass is 10.2. The zero-order valence-electron chi connectivity index (χ0n) is 17.9. The SMILES string of the molecule is CCCN(CCC)Cc1c(C(=O)NN=Cc2ccc(C)cc2)nnn1-c1nonc1N. The van der Waals surface area contributed by atoms with Gasteiger partial charge in [-0.1, -0.05) is 48.9 Å². The van der Waals surface area contributed by atoms with Crippen LogP contribution in [-0.2, 0) is 6.54 Å². The summed E-state index contributed by atoms with van der Waals surface area (Å²) in [4.78, 5) is 15.0. The van der Waals surface area contributed by atoms with Crippen LogP contribution >= 0.6 is 0 Å². The zero-order valence-corrected chi connectivity index (χ0v) is 17.9. The van der Waals surface area contributed by atoms with Crippen LogP contribution in [0.25, 0.3) is 5.82 Å². The highest BCUT2D eigenvalue weighted by atomic mass is 16.6. The van der Waals surface area contributed by atoms with Gasteiger partial charge in [-0.15, -0.1) is 5.10 Å². The zero-order chi connectivity index (χ0) is 22.2. The lowest BCUT2D eigenvalue weighted by Gasteiger charge is -2.21. The van der Waals surface area contributed by atoms with E-state index in [1.54, 1.807) is 6.21 Å². The van der Waals surface area contributed by atoms with Crippen molar-refractivity contribution in [3.05, 3.63) is 46.8 Å². The van der Waals surface area contributed by atoms with Crippen LogP contribution in [0.3, 0.4) is 0 Å². The molecule has 0 aliphatic carbocycles. The van der Waals surface area contributed by atoms with Gasteiger partial charge in [-0.25, -0.2) is 10.1 Å². The van der Waals surface area contributed by atoms with E-state index in [0.29, 0.717) is 12.2 Å². The Morgan fingerprint density at radius 3 is 2.55 bits per heavy atom. The number of aromatic nitrogens is 5. The molecular formula is C20H27N9O2. The number of aryl methyl sites for hydroxylation is 1. The molecule has 164 valence electrons. The van der Waals surface area contributed by atoms with Crippen LogP contribution in [0.15, 0.2) is 34.0 Å². The van der Waals surface area contributed by atoms with Crippen molar-refractivity contribution in [3.8, 4) is 5.82 Å². The molecule has 31 heavy (non-hydrogen) atoms. The fourth-order valence-corrected chi connectivity index (χ4v) is 3.11. The summed E-state index contributed by atoms with van der Waals surface area (Å²) in [5, 5.41) is 19.6. The minimum Gasteiger partial charge on any atom is -0.378 e. The second kappa shape index (κ2) is 10.4. The summed E-state index contributed by atoms with van der Waals surface area (Å²) in [6.45, 7) is 8.36. The van der Waals surface area contributed by atoms with Crippen LogP contribution in [0.4, 0.5) is 5.82 Å². The van der Waals surface area contributed by atoms with Crippen molar-refractivity contribution in [2.45, 2.75) is 40.2 Å². The molecule has 1 amide bonds. The number of nitrogens with two attached hydrogens (primary N) is 1. The summed E-state index contributed by atoms with van der Waals surface area (Å²) < 4.78 is 6.09. The van der Waals surface area contributed by atoms with Crippen molar-refractivity contribution in [1.82, 2.24) is 35.6 Å². The Labute approximate surface area is 180 Å². The summed E-state index contributed by atoms with van der Waals surface area (Å²) in [6.07, 6.45) is 3.51. The minimum absolute atomic E-state index is 0.0630. The summed E-state index contributed by atoms with van der Waals surface area (Å²) in [7, 11) is 0. The van der Waals surface area contributed by atoms with Gasteiger partial charge < -0.3 is 5.73 Å². The average Bonchev–Trinajstić information content (AvgIpc) is 3.35. The maximum Gasteiger partial charge on any atom is 0.293 e. The van der Waals surface area contributed by atoms with Gasteiger partial charge in [0.2, 0.25) is 11.6 Å². The minimum atomic E-state index is -0.479. The third-order valence-corrected chi connectivity index (χ3v) is 4.58. The van der Waals surface area contributed by atoms with E-state index < -0.39 is 5.91 Å². The first-order valence-corrected chi connectivity index (χ1v) is 10.2. The molecule has 2 aromatic heterocycles. The molecule has 1 aromatic carbocycles. The Morgan fingerprint density at radius 1 is 1.23 bits per heavy atom. The van der Waals surface area contributed by atoms with Gasteiger partial charge in [-0.2, -0.15) is 9.78 Å². The molecule has 0 saturated heterocycles. The highest BCUT2D eigenvalue weighted by molar-refractivity contribution is 5.94. The molecule has 0 atom stereocenters. The fourth-order valence-electron chi connectivity index (χ4n) is 3.11. The van der Waals surface area contributed by atoms with E-state index in [2.05, 4.69) is 49.9 Å². The van der Waals surface area contributed by atoms with Crippen LogP contribution in [0, 0.1) is 6.92 Å². The molecule has 0 saturated carbocycles. The van der Waals surface area contributed by atoms with Crippen molar-refractivity contribution in [2.75, 3.05) is 18.8 Å². The first-order chi connectivity index (χ1) is 15.0. The predicted octanol–water partition coefficient (Wildman–Crippen LogP) is 1.93. The van der Waals surface area contributed by atoms with Gasteiger partial charge in [0.15, 0.2) is 5.69 Å². The molecule has 0 aliphatic heterocycles. The van der Waals surface area contributed by atoms with Crippen molar-refractivity contribution in [1.29, 1.82) is 0 Å². The third-order valence-electron chi connectivity index (χ3n) is 4.58. The van der Waals surface area contributed by atoms with Gasteiger partial charge in [0.05, 0.1) is 11.9 Å². The number of hydrogen-bond donors (Lipinski definition) is 2. The van der Waals surface area contributed by atoms with Gasteiger partial charge in [0.25, 0.3) is 5.91 Å². The lowest BCUT2D eigenvalue weighted by molar-refractivity contribution is 0.0947. The summed E-state index contributed by atoms with van der Waals surface area (Å²) in [6, 6.07) is 7.78. The van der Waals surface area contributed by atoms with Crippen LogP contribution in [0.2, 0.25) is 0 Å². The fraction of sp³-hybridized carbons (Fsp3) is 0.400. The molecule has 0 unspecified atom stereocenters. The normalized spacial score (nSPS) is 11.5. The largest absolute Gasteiger partial charge is 0.378 e. The Bertz CT molecular complexity index is 1020. The molecule has 0 bridgehead atoms. The number of hydrazone groups is 1. The van der Waals surface area contributed by atoms with Gasteiger partial charge in [-0.05, 0) is 48.7 Å². The average molecular weight is 425 g/mol. The maximum absolute atomic E-state index is 12.8. The Balaban J connectivity index is 1.86. The quantitative estimate of drug-likeness (QED) is 0.371. The third kappa shape index (κ3) is 5.51. The van der Waals surface area contributed by atoms with Crippen molar-refractivity contribution in [2.24, 2.45) is 5.10 Å². The van der Waals surface area contributed by atoms with Gasteiger partial charge in [-0.3, -0.25) is 9.69 Å². The number of carbonyl (C=O) groups excluding carboxylic acids is 1. The second-order valence-corrected chi connectivity index (χ2v) is 7.16. The number of nitrogens with one attached hydrogen (secondary N) is 1. The van der Waals surface area contributed by atoms with Crippen LogP contribution in [0.1, 0.15) is 54.0 Å². The molecule has 0 spiro atoms. The number of benzene rings is 1. The Hall–Kier alpha value is -3.60. The van der Waals surface area contributed by atoms with Crippen molar-refractivity contribution in [3.63, 3.8) is 0 Å². The second-order valence-electron chi connectivity index (χ2n) is 7.16. The van der Waals surface area contributed by atoms with E-state index in [0.717, 1.165) is 37.1 Å². The Morgan fingerprint density at radius 2 is 1.94 bits per heavy atom. The molecule has 2 heterocycles. The smallest absolute Gasteiger partial charge is 0.293 e. The molecule has 11 nitrogen and oxygen atoms in total. The van der Waals surface area contributed by atoms with E-state index in [1.165, 1.54) is 4.68 Å². The molecule has 3 aromatic rings. The van der Waals surface area contributed by atoms with Crippen LogP contribution in [0.5, 0.6) is 0 Å². The first-order valence-electron chi connectivity index (χ1n) is 10.2. The Kier molecular flexibility index (Phi) is 7.44. The molecule has 0 fully saturated rings. The van der Waals surface area contributed by atoms with E-state index in [4.69, 9.17) is 10.4 Å². The van der Waals surface area contributed by atoms with Gasteiger partial charge in [0.1, 0.15) is 0 Å². The number of rotatable bonds is 10. The summed E-state index contributed by atoms with van der Waals surface area (Å²) in [5.41, 5.74) is 11.0. The highest BCUT2D eigenvalue weighted by Crippen LogP contribution is 2.18. The standard InChI is InChI=1S/C20H27N9O2/c1-4-10-28(11-5-2)13-16-17(23-27-29(16)19-18(21)25-31-26-19)20(30)24-22-12-15-8-6-14(3)7-9-15/h6-9,12H,4-5,10-11,13H2,1-3H3,(H2,21,25)(H,24,30). The van der Waals surface area contributed by atoms with Gasteiger partial charge in [0, 0.05) is 6.54 Å². The lowest BCUT2D eigenvalue weighted by Crippen LogP contribution is -2.28. The molecule has 0 aliphatic rings. The number of nitrogen functional groups attached to an aromatic ring is 1. The van der Waals surface area contributed by atoms with Crippen LogP contribution in [-0.4, -0.2) is 55.4 Å². The van der Waals surface area contributed by atoms with Crippen LogP contribution < -0.4 is 11.2 Å². The van der Waals surface area contributed by atoms with E-state index in [-0.39, 0.29) is 17.3 Å². The van der Waals surface area contributed by atoms with E-state index in [9.17, 15) is 4.79 Å². The van der Waals surface area contributed by atoms with Gasteiger partial charge >= 0.3 is 0 Å². The molecule has 3 rings (SSSR count). The molecule has 3 N–H and O–H groups in total. The molecule has 0 radical (unpaired) electrons. The topological polar surface area (TPSA) is 140 Å². The first kappa shape index (κ1) is 22.1. The monoisotopic (exact) mass is 425 g/mol. The van der Waals surface area contributed by atoms with Crippen molar-refractivity contribution >= 4 is 17.9 Å². The molecular weight excluding hydrogens is 398 g/mol. The number of hydrogen-bond acceptors (Lipinski definition) is 9.